The van der Waals surface area contributed by atoms with Crippen LogP contribution in [0.15, 0.2) is 24.3 Å². The average molecular weight is 263 g/mol. The van der Waals surface area contributed by atoms with Gasteiger partial charge in [0, 0.05) is 12.6 Å². The van der Waals surface area contributed by atoms with Gasteiger partial charge in [0.2, 0.25) is 0 Å². The van der Waals surface area contributed by atoms with Crippen molar-refractivity contribution >= 4 is 0 Å². The van der Waals surface area contributed by atoms with Gasteiger partial charge in [-0.25, -0.2) is 0 Å². The fraction of sp³-hybridized carbons (Fsp3) is 0.625. The SMILES string of the molecule is CC(C)c1ccccc1OCCN1CCCC1CO. The summed E-state index contributed by atoms with van der Waals surface area (Å²) >= 11 is 0. The molecule has 0 aliphatic carbocycles. The summed E-state index contributed by atoms with van der Waals surface area (Å²) in [5.74, 6) is 1.48. The van der Waals surface area contributed by atoms with E-state index in [1.165, 1.54) is 12.0 Å². The summed E-state index contributed by atoms with van der Waals surface area (Å²) in [7, 11) is 0. The fourth-order valence-electron chi connectivity index (χ4n) is 2.76. The van der Waals surface area contributed by atoms with Crippen molar-refractivity contribution in [3.63, 3.8) is 0 Å². The zero-order chi connectivity index (χ0) is 13.7. The molecule has 0 spiro atoms. The van der Waals surface area contributed by atoms with Crippen LogP contribution in [0.3, 0.4) is 0 Å². The molecule has 106 valence electrons. The monoisotopic (exact) mass is 263 g/mol. The molecule has 1 unspecified atom stereocenters. The van der Waals surface area contributed by atoms with Crippen LogP contribution in [0.25, 0.3) is 0 Å². The van der Waals surface area contributed by atoms with Crippen molar-refractivity contribution < 1.29 is 9.84 Å². The maximum Gasteiger partial charge on any atom is 0.122 e. The van der Waals surface area contributed by atoms with Crippen LogP contribution in [0.2, 0.25) is 0 Å². The Morgan fingerprint density at radius 2 is 2.16 bits per heavy atom. The molecule has 0 saturated carbocycles. The molecule has 1 fully saturated rings. The van der Waals surface area contributed by atoms with E-state index in [-0.39, 0.29) is 6.61 Å². The first-order chi connectivity index (χ1) is 9.22. The van der Waals surface area contributed by atoms with Crippen molar-refractivity contribution in [1.82, 2.24) is 4.90 Å². The van der Waals surface area contributed by atoms with Gasteiger partial charge in [-0.1, -0.05) is 32.0 Å². The Kier molecular flexibility index (Phi) is 5.23. The Balaban J connectivity index is 1.86. The van der Waals surface area contributed by atoms with Crippen molar-refractivity contribution in [1.29, 1.82) is 0 Å². The molecule has 1 heterocycles. The van der Waals surface area contributed by atoms with Crippen LogP contribution in [0, 0.1) is 0 Å². The number of hydrogen-bond acceptors (Lipinski definition) is 3. The van der Waals surface area contributed by atoms with Crippen LogP contribution >= 0.6 is 0 Å². The Morgan fingerprint density at radius 1 is 1.37 bits per heavy atom. The van der Waals surface area contributed by atoms with Gasteiger partial charge in [0.1, 0.15) is 12.4 Å². The number of aliphatic hydroxyl groups excluding tert-OH is 1. The second-order valence-corrected chi connectivity index (χ2v) is 5.56. The lowest BCUT2D eigenvalue weighted by Crippen LogP contribution is -2.35. The molecule has 1 aliphatic rings. The number of para-hydroxylation sites is 1. The maximum absolute atomic E-state index is 9.29. The molecular formula is C16H25NO2. The average Bonchev–Trinajstić information content (AvgIpc) is 2.86. The second kappa shape index (κ2) is 6.92. The van der Waals surface area contributed by atoms with Gasteiger partial charge < -0.3 is 9.84 Å². The topological polar surface area (TPSA) is 32.7 Å². The smallest absolute Gasteiger partial charge is 0.122 e. The number of hydrogen-bond donors (Lipinski definition) is 1. The van der Waals surface area contributed by atoms with E-state index in [2.05, 4.69) is 30.9 Å². The lowest BCUT2D eigenvalue weighted by molar-refractivity contribution is 0.139. The Bertz CT molecular complexity index is 392. The predicted molar refractivity (Wildman–Crippen MR) is 77.7 cm³/mol. The summed E-state index contributed by atoms with van der Waals surface area (Å²) in [5, 5.41) is 9.29. The number of nitrogens with zero attached hydrogens (tertiary/aromatic N) is 1. The van der Waals surface area contributed by atoms with Crippen LogP contribution < -0.4 is 4.74 Å². The fourth-order valence-corrected chi connectivity index (χ4v) is 2.76. The maximum atomic E-state index is 9.29. The Labute approximate surface area is 116 Å². The molecule has 1 aromatic rings. The minimum atomic E-state index is 0.266. The standard InChI is InChI=1S/C16H25NO2/c1-13(2)15-7-3-4-8-16(15)19-11-10-17-9-5-6-14(17)12-18/h3-4,7-8,13-14,18H,5-6,9-12H2,1-2H3. The van der Waals surface area contributed by atoms with E-state index in [1.807, 2.05) is 12.1 Å². The first-order valence-electron chi connectivity index (χ1n) is 7.29. The van der Waals surface area contributed by atoms with Gasteiger partial charge in [0.15, 0.2) is 0 Å². The van der Waals surface area contributed by atoms with Crippen LogP contribution in [-0.4, -0.2) is 42.4 Å². The van der Waals surface area contributed by atoms with Gasteiger partial charge in [-0.15, -0.1) is 0 Å². The molecule has 0 radical (unpaired) electrons. The van der Waals surface area contributed by atoms with Gasteiger partial charge in [-0.2, -0.15) is 0 Å². The van der Waals surface area contributed by atoms with Gasteiger partial charge in [0.25, 0.3) is 0 Å². The summed E-state index contributed by atoms with van der Waals surface area (Å²) in [6.45, 7) is 7.32. The van der Waals surface area contributed by atoms with Crippen LogP contribution in [-0.2, 0) is 0 Å². The van der Waals surface area contributed by atoms with E-state index in [9.17, 15) is 5.11 Å². The molecular weight excluding hydrogens is 238 g/mol. The third-order valence-corrected chi connectivity index (χ3v) is 3.89. The lowest BCUT2D eigenvalue weighted by atomic mass is 10.0. The molecule has 0 bridgehead atoms. The molecule has 1 aromatic carbocycles. The summed E-state index contributed by atoms with van der Waals surface area (Å²) in [6.07, 6.45) is 2.30. The van der Waals surface area contributed by atoms with Gasteiger partial charge in [-0.05, 0) is 36.9 Å². The van der Waals surface area contributed by atoms with Gasteiger partial charge in [0.05, 0.1) is 6.61 Å². The first kappa shape index (κ1) is 14.4. The van der Waals surface area contributed by atoms with Gasteiger partial charge >= 0.3 is 0 Å². The third-order valence-electron chi connectivity index (χ3n) is 3.89. The first-order valence-corrected chi connectivity index (χ1v) is 7.29. The Morgan fingerprint density at radius 3 is 2.89 bits per heavy atom. The van der Waals surface area contributed by atoms with E-state index in [4.69, 9.17) is 4.74 Å². The number of rotatable bonds is 6. The third kappa shape index (κ3) is 3.71. The number of aliphatic hydroxyl groups is 1. The van der Waals surface area contributed by atoms with Crippen LogP contribution in [0.5, 0.6) is 5.75 Å². The van der Waals surface area contributed by atoms with E-state index >= 15 is 0 Å². The highest BCUT2D eigenvalue weighted by molar-refractivity contribution is 5.35. The summed E-state index contributed by atoms with van der Waals surface area (Å²) < 4.78 is 5.93. The van der Waals surface area contributed by atoms with Crippen LogP contribution in [0.4, 0.5) is 0 Å². The highest BCUT2D eigenvalue weighted by atomic mass is 16.5. The molecule has 1 N–H and O–H groups in total. The summed E-state index contributed by atoms with van der Waals surface area (Å²) in [5.41, 5.74) is 1.27. The van der Waals surface area contributed by atoms with E-state index in [0.717, 1.165) is 25.3 Å². The van der Waals surface area contributed by atoms with E-state index < -0.39 is 0 Å². The molecule has 1 aliphatic heterocycles. The van der Waals surface area contributed by atoms with E-state index in [0.29, 0.717) is 18.6 Å². The minimum absolute atomic E-state index is 0.266. The highest BCUT2D eigenvalue weighted by Crippen LogP contribution is 2.26. The molecule has 1 atom stereocenters. The normalized spacial score (nSPS) is 20.1. The van der Waals surface area contributed by atoms with Crippen molar-refractivity contribution in [2.75, 3.05) is 26.3 Å². The number of likely N-dealkylation sites (tertiary alicyclic amines) is 1. The highest BCUT2D eigenvalue weighted by Gasteiger charge is 2.23. The molecule has 1 saturated heterocycles. The van der Waals surface area contributed by atoms with Crippen molar-refractivity contribution in [3.05, 3.63) is 29.8 Å². The lowest BCUT2D eigenvalue weighted by Gasteiger charge is -2.23. The quantitative estimate of drug-likeness (QED) is 0.856. The molecule has 0 aromatic heterocycles. The van der Waals surface area contributed by atoms with E-state index in [1.54, 1.807) is 0 Å². The van der Waals surface area contributed by atoms with Crippen molar-refractivity contribution in [2.24, 2.45) is 0 Å². The van der Waals surface area contributed by atoms with Gasteiger partial charge in [-0.3, -0.25) is 4.90 Å². The second-order valence-electron chi connectivity index (χ2n) is 5.56. The molecule has 19 heavy (non-hydrogen) atoms. The van der Waals surface area contributed by atoms with Crippen molar-refractivity contribution in [3.8, 4) is 5.75 Å². The Hall–Kier alpha value is -1.06. The van der Waals surface area contributed by atoms with Crippen molar-refractivity contribution in [2.45, 2.75) is 38.6 Å². The van der Waals surface area contributed by atoms with Crippen LogP contribution in [0.1, 0.15) is 38.2 Å². The number of benzene rings is 1. The summed E-state index contributed by atoms with van der Waals surface area (Å²) in [6, 6.07) is 8.59. The zero-order valence-corrected chi connectivity index (χ0v) is 12.0. The zero-order valence-electron chi connectivity index (χ0n) is 12.0. The summed E-state index contributed by atoms with van der Waals surface area (Å²) in [4.78, 5) is 2.33. The largest absolute Gasteiger partial charge is 0.492 e. The molecule has 2 rings (SSSR count). The minimum Gasteiger partial charge on any atom is -0.492 e. The molecule has 3 nitrogen and oxygen atoms in total. The number of ether oxygens (including phenoxy) is 1. The molecule has 3 heteroatoms. The predicted octanol–water partition coefficient (Wildman–Crippen LogP) is 2.65. The molecule has 0 amide bonds.